The monoisotopic (exact) mass is 606 g/mol. The highest BCUT2D eigenvalue weighted by Crippen LogP contribution is 2.37. The number of aliphatic carboxylic acids is 1. The summed E-state index contributed by atoms with van der Waals surface area (Å²) in [4.78, 5) is 17.9. The second-order valence-electron chi connectivity index (χ2n) is 9.44. The van der Waals surface area contributed by atoms with Gasteiger partial charge < -0.3 is 14.6 Å². The van der Waals surface area contributed by atoms with E-state index < -0.39 is 12.0 Å². The van der Waals surface area contributed by atoms with E-state index in [9.17, 15) is 9.90 Å². The van der Waals surface area contributed by atoms with E-state index in [4.69, 9.17) is 21.1 Å². The molecule has 0 radical (unpaired) electrons. The van der Waals surface area contributed by atoms with Gasteiger partial charge in [0.05, 0.1) is 5.02 Å². The summed E-state index contributed by atoms with van der Waals surface area (Å²) < 4.78 is 13.4. The number of nitrogens with zero attached hydrogens (tertiary/aromatic N) is 2. The molecule has 5 rings (SSSR count). The van der Waals surface area contributed by atoms with Crippen LogP contribution < -0.4 is 9.47 Å². The van der Waals surface area contributed by atoms with Crippen molar-refractivity contribution in [1.82, 2.24) is 9.88 Å². The molecule has 1 saturated heterocycles. The highest BCUT2D eigenvalue weighted by atomic mass is 79.9. The zero-order valence-corrected chi connectivity index (χ0v) is 23.6. The Morgan fingerprint density at radius 1 is 1.00 bits per heavy atom. The van der Waals surface area contributed by atoms with Gasteiger partial charge in [-0.2, -0.15) is 0 Å². The second-order valence-corrected chi connectivity index (χ2v) is 10.6. The highest BCUT2D eigenvalue weighted by molar-refractivity contribution is 9.10. The summed E-state index contributed by atoms with van der Waals surface area (Å²) in [6.07, 6.45) is 4.94. The van der Waals surface area contributed by atoms with Gasteiger partial charge in [-0.25, -0.2) is 0 Å². The van der Waals surface area contributed by atoms with E-state index in [-0.39, 0.29) is 0 Å². The molecule has 2 heterocycles. The summed E-state index contributed by atoms with van der Waals surface area (Å²) in [5.41, 5.74) is 4.91. The maximum Gasteiger partial charge on any atom is 0.320 e. The Labute approximate surface area is 241 Å². The molecule has 1 N–H and O–H groups in total. The first-order valence-corrected chi connectivity index (χ1v) is 13.9. The van der Waals surface area contributed by atoms with Gasteiger partial charge in [0.15, 0.2) is 0 Å². The first-order valence-electron chi connectivity index (χ1n) is 12.8. The van der Waals surface area contributed by atoms with Gasteiger partial charge in [-0.3, -0.25) is 14.7 Å². The van der Waals surface area contributed by atoms with Gasteiger partial charge in [0.1, 0.15) is 30.8 Å². The molecule has 1 aliphatic rings. The highest BCUT2D eigenvalue weighted by Gasteiger charge is 2.31. The minimum atomic E-state index is -0.806. The van der Waals surface area contributed by atoms with Crippen molar-refractivity contribution in [2.45, 2.75) is 38.6 Å². The van der Waals surface area contributed by atoms with Gasteiger partial charge in [-0.05, 0) is 58.6 Å². The quantitative estimate of drug-likeness (QED) is 0.203. The lowest BCUT2D eigenvalue weighted by Crippen LogP contribution is -2.35. The van der Waals surface area contributed by atoms with Crippen LogP contribution in [0.5, 0.6) is 11.5 Å². The number of ether oxygens (including phenoxy) is 2. The number of halogens is 2. The van der Waals surface area contributed by atoms with Crippen LogP contribution in [-0.4, -0.2) is 33.5 Å². The topological polar surface area (TPSA) is 71.9 Å². The Morgan fingerprint density at radius 2 is 1.82 bits per heavy atom. The molecule has 3 aromatic carbocycles. The van der Waals surface area contributed by atoms with Crippen LogP contribution >= 0.6 is 27.5 Å². The number of aromatic nitrogens is 1. The largest absolute Gasteiger partial charge is 0.488 e. The summed E-state index contributed by atoms with van der Waals surface area (Å²) in [7, 11) is 0. The predicted molar refractivity (Wildman–Crippen MR) is 155 cm³/mol. The Kier molecular flexibility index (Phi) is 8.81. The van der Waals surface area contributed by atoms with Crippen LogP contribution in [0.15, 0.2) is 89.7 Å². The van der Waals surface area contributed by atoms with Crippen molar-refractivity contribution in [3.05, 3.63) is 111 Å². The Bertz CT molecular complexity index is 1440. The van der Waals surface area contributed by atoms with Gasteiger partial charge in [0, 0.05) is 46.2 Å². The van der Waals surface area contributed by atoms with Crippen molar-refractivity contribution in [1.29, 1.82) is 0 Å². The molecule has 1 aliphatic heterocycles. The van der Waals surface area contributed by atoms with E-state index in [0.29, 0.717) is 49.2 Å². The Morgan fingerprint density at radius 3 is 2.59 bits per heavy atom. The van der Waals surface area contributed by atoms with Crippen molar-refractivity contribution >= 4 is 33.5 Å². The summed E-state index contributed by atoms with van der Waals surface area (Å²) in [6.45, 7) is 1.75. The number of carbonyl (C=O) groups is 1. The SMILES string of the molecule is O=C(O)C1CCCN1Cc1cc(Cl)c(OCc2cccc(-c3ccccc3)c2Br)cc1OCc1cccnc1. The number of carboxylic acids is 1. The van der Waals surface area contributed by atoms with Gasteiger partial charge in [0.2, 0.25) is 0 Å². The van der Waals surface area contributed by atoms with Gasteiger partial charge >= 0.3 is 5.97 Å². The van der Waals surface area contributed by atoms with Crippen molar-refractivity contribution in [2.24, 2.45) is 0 Å². The summed E-state index contributed by atoms with van der Waals surface area (Å²) in [5, 5.41) is 10.1. The van der Waals surface area contributed by atoms with E-state index in [0.717, 1.165) is 38.7 Å². The molecule has 0 spiro atoms. The lowest BCUT2D eigenvalue weighted by Gasteiger charge is -2.23. The number of pyridine rings is 1. The van der Waals surface area contributed by atoms with Crippen LogP contribution in [0.2, 0.25) is 5.02 Å². The number of carboxylic acid groups (broad SMARTS) is 1. The molecule has 200 valence electrons. The average molecular weight is 608 g/mol. The van der Waals surface area contributed by atoms with E-state index in [2.05, 4.69) is 39.1 Å². The van der Waals surface area contributed by atoms with Crippen molar-refractivity contribution in [3.63, 3.8) is 0 Å². The normalized spacial score (nSPS) is 15.3. The molecule has 1 atom stereocenters. The van der Waals surface area contributed by atoms with Crippen LogP contribution in [0, 0.1) is 0 Å². The molecule has 1 fully saturated rings. The molecule has 1 unspecified atom stereocenters. The summed E-state index contributed by atoms with van der Waals surface area (Å²) in [5.74, 6) is 0.293. The molecule has 1 aromatic heterocycles. The molecular formula is C31H28BrClN2O4. The second kappa shape index (κ2) is 12.6. The van der Waals surface area contributed by atoms with Crippen molar-refractivity contribution < 1.29 is 19.4 Å². The third-order valence-corrected chi connectivity index (χ3v) is 8.03. The number of hydrogen-bond acceptors (Lipinski definition) is 5. The molecule has 0 amide bonds. The molecule has 0 bridgehead atoms. The van der Waals surface area contributed by atoms with Crippen molar-refractivity contribution in [2.75, 3.05) is 6.54 Å². The maximum atomic E-state index is 11.8. The molecule has 6 nitrogen and oxygen atoms in total. The number of rotatable bonds is 10. The standard InChI is InChI=1S/C31H28BrClN2O4/c32-30-23(10-4-11-25(30)22-8-2-1-3-9-22)20-39-29-16-28(38-19-21-7-5-13-34-17-21)24(15-26(29)33)18-35-14-6-12-27(35)31(36)37/h1-5,7-11,13,15-17,27H,6,12,14,18-20H2,(H,36,37). The fourth-order valence-electron chi connectivity index (χ4n) is 4.79. The summed E-state index contributed by atoms with van der Waals surface area (Å²) >= 11 is 10.5. The van der Waals surface area contributed by atoms with Crippen LogP contribution in [0.25, 0.3) is 11.1 Å². The first-order chi connectivity index (χ1) is 19.0. The minimum Gasteiger partial charge on any atom is -0.488 e. The lowest BCUT2D eigenvalue weighted by atomic mass is 10.0. The predicted octanol–water partition coefficient (Wildman–Crippen LogP) is 7.37. The fourth-order valence-corrected chi connectivity index (χ4v) is 5.64. The Hall–Kier alpha value is -3.39. The van der Waals surface area contributed by atoms with E-state index in [1.807, 2.05) is 53.4 Å². The first kappa shape index (κ1) is 27.2. The number of likely N-dealkylation sites (tertiary alicyclic amines) is 1. The smallest absolute Gasteiger partial charge is 0.320 e. The molecule has 0 saturated carbocycles. The van der Waals surface area contributed by atoms with Crippen molar-refractivity contribution in [3.8, 4) is 22.6 Å². The van der Waals surface area contributed by atoms with E-state index >= 15 is 0 Å². The maximum absolute atomic E-state index is 11.8. The fraction of sp³-hybridized carbons (Fsp3) is 0.226. The van der Waals surface area contributed by atoms with Crippen LogP contribution in [0.4, 0.5) is 0 Å². The van der Waals surface area contributed by atoms with Crippen LogP contribution in [0.3, 0.4) is 0 Å². The molecule has 4 aromatic rings. The van der Waals surface area contributed by atoms with Gasteiger partial charge in [0.25, 0.3) is 0 Å². The molecule has 8 heteroatoms. The zero-order valence-electron chi connectivity index (χ0n) is 21.2. The molecule has 39 heavy (non-hydrogen) atoms. The average Bonchev–Trinajstić information content (AvgIpc) is 3.42. The molecule has 0 aliphatic carbocycles. The Balaban J connectivity index is 1.39. The van der Waals surface area contributed by atoms with Crippen LogP contribution in [-0.2, 0) is 24.6 Å². The summed E-state index contributed by atoms with van der Waals surface area (Å²) in [6, 6.07) is 23.2. The number of benzene rings is 3. The van der Waals surface area contributed by atoms with Gasteiger partial charge in [-0.15, -0.1) is 0 Å². The third kappa shape index (κ3) is 6.61. The third-order valence-electron chi connectivity index (χ3n) is 6.80. The zero-order chi connectivity index (χ0) is 27.2. The number of hydrogen-bond donors (Lipinski definition) is 1. The molecular weight excluding hydrogens is 580 g/mol. The minimum absolute atomic E-state index is 0.301. The lowest BCUT2D eigenvalue weighted by molar-refractivity contribution is -0.142. The van der Waals surface area contributed by atoms with Crippen LogP contribution in [0.1, 0.15) is 29.5 Å². The van der Waals surface area contributed by atoms with Gasteiger partial charge in [-0.1, -0.05) is 66.2 Å². The van der Waals surface area contributed by atoms with E-state index in [1.165, 1.54) is 0 Å². The van der Waals surface area contributed by atoms with E-state index in [1.54, 1.807) is 18.5 Å².